The largest absolute Gasteiger partial charge is 0.383 e. The van der Waals surface area contributed by atoms with Crippen LogP contribution in [0.15, 0.2) is 29.2 Å². The van der Waals surface area contributed by atoms with Gasteiger partial charge in [0.15, 0.2) is 0 Å². The highest BCUT2D eigenvalue weighted by Gasteiger charge is 2.26. The van der Waals surface area contributed by atoms with E-state index in [4.69, 9.17) is 10.5 Å². The molecule has 0 aliphatic heterocycles. The lowest BCUT2D eigenvalue weighted by atomic mass is 10.4. The number of methoxy groups -OCH3 is 1. The van der Waals surface area contributed by atoms with Crippen molar-refractivity contribution >= 4 is 10.0 Å². The first kappa shape index (κ1) is 15.0. The van der Waals surface area contributed by atoms with E-state index in [0.29, 0.717) is 0 Å². The van der Waals surface area contributed by atoms with Gasteiger partial charge in [0, 0.05) is 26.7 Å². The maximum absolute atomic E-state index is 13.5. The lowest BCUT2D eigenvalue weighted by Crippen LogP contribution is -2.38. The van der Waals surface area contributed by atoms with Crippen molar-refractivity contribution in [3.63, 3.8) is 0 Å². The van der Waals surface area contributed by atoms with E-state index >= 15 is 0 Å². The molecule has 0 heterocycles. The van der Waals surface area contributed by atoms with E-state index in [1.165, 1.54) is 25.3 Å². The van der Waals surface area contributed by atoms with Gasteiger partial charge >= 0.3 is 0 Å². The molecule has 0 fully saturated rings. The quantitative estimate of drug-likeness (QED) is 0.783. The van der Waals surface area contributed by atoms with Crippen molar-refractivity contribution in [1.29, 1.82) is 0 Å². The fourth-order valence-corrected chi connectivity index (χ4v) is 2.99. The smallest absolute Gasteiger partial charge is 0.246 e. The third-order valence-electron chi connectivity index (χ3n) is 2.38. The van der Waals surface area contributed by atoms with Gasteiger partial charge in [-0.05, 0) is 12.1 Å². The van der Waals surface area contributed by atoms with Crippen molar-refractivity contribution in [3.8, 4) is 0 Å². The number of rotatable bonds is 7. The lowest BCUT2D eigenvalue weighted by molar-refractivity contribution is 0.179. The van der Waals surface area contributed by atoms with Gasteiger partial charge in [-0.3, -0.25) is 0 Å². The van der Waals surface area contributed by atoms with Crippen molar-refractivity contribution in [2.75, 3.05) is 33.4 Å². The maximum atomic E-state index is 13.5. The molecule has 0 saturated heterocycles. The van der Waals surface area contributed by atoms with Crippen molar-refractivity contribution in [2.24, 2.45) is 5.73 Å². The molecule has 1 aromatic rings. The van der Waals surface area contributed by atoms with Gasteiger partial charge in [0.2, 0.25) is 10.0 Å². The molecule has 0 unspecified atom stereocenters. The molecule has 0 amide bonds. The number of hydrogen-bond acceptors (Lipinski definition) is 4. The summed E-state index contributed by atoms with van der Waals surface area (Å²) in [4.78, 5) is -0.338. The van der Waals surface area contributed by atoms with Crippen LogP contribution in [0.5, 0.6) is 0 Å². The molecule has 0 spiro atoms. The van der Waals surface area contributed by atoms with Gasteiger partial charge in [-0.2, -0.15) is 4.31 Å². The van der Waals surface area contributed by atoms with Crippen LogP contribution in [-0.4, -0.2) is 46.1 Å². The Morgan fingerprint density at radius 1 is 1.33 bits per heavy atom. The van der Waals surface area contributed by atoms with Crippen molar-refractivity contribution in [3.05, 3.63) is 30.1 Å². The topological polar surface area (TPSA) is 72.6 Å². The van der Waals surface area contributed by atoms with E-state index < -0.39 is 15.8 Å². The zero-order valence-electron chi connectivity index (χ0n) is 10.2. The summed E-state index contributed by atoms with van der Waals surface area (Å²) in [6, 6.07) is 5.27. The molecule has 0 radical (unpaired) electrons. The van der Waals surface area contributed by atoms with Crippen LogP contribution in [0.4, 0.5) is 4.39 Å². The highest BCUT2D eigenvalue weighted by atomic mass is 32.2. The van der Waals surface area contributed by atoms with E-state index in [-0.39, 0.29) is 31.1 Å². The maximum Gasteiger partial charge on any atom is 0.246 e. The highest BCUT2D eigenvalue weighted by molar-refractivity contribution is 7.89. The highest BCUT2D eigenvalue weighted by Crippen LogP contribution is 2.18. The Labute approximate surface area is 106 Å². The molecule has 0 saturated carbocycles. The van der Waals surface area contributed by atoms with Crippen LogP contribution in [-0.2, 0) is 14.8 Å². The average molecular weight is 276 g/mol. The summed E-state index contributed by atoms with van der Waals surface area (Å²) in [5.41, 5.74) is 5.37. The van der Waals surface area contributed by atoms with E-state index in [2.05, 4.69) is 0 Å². The van der Waals surface area contributed by atoms with Crippen LogP contribution >= 0.6 is 0 Å². The molecule has 0 aliphatic rings. The SMILES string of the molecule is COCCN(CCN)S(=O)(=O)c1ccccc1F. The van der Waals surface area contributed by atoms with E-state index in [9.17, 15) is 12.8 Å². The molecule has 18 heavy (non-hydrogen) atoms. The summed E-state index contributed by atoms with van der Waals surface area (Å²) in [5, 5.41) is 0. The molecule has 0 bridgehead atoms. The number of hydrogen-bond donors (Lipinski definition) is 1. The van der Waals surface area contributed by atoms with Crippen LogP contribution in [0.3, 0.4) is 0 Å². The molecular formula is C11H17FN2O3S. The Kier molecular flexibility index (Phi) is 5.67. The molecule has 0 aliphatic carbocycles. The Morgan fingerprint density at radius 3 is 2.56 bits per heavy atom. The van der Waals surface area contributed by atoms with Crippen LogP contribution in [0.2, 0.25) is 0 Å². The summed E-state index contributed by atoms with van der Waals surface area (Å²) in [7, 11) is -2.40. The second kappa shape index (κ2) is 6.79. The molecule has 1 aromatic carbocycles. The zero-order chi connectivity index (χ0) is 13.6. The summed E-state index contributed by atoms with van der Waals surface area (Å²) in [6.07, 6.45) is 0. The van der Waals surface area contributed by atoms with Crippen molar-refractivity contribution in [1.82, 2.24) is 4.31 Å². The molecule has 0 atom stereocenters. The van der Waals surface area contributed by atoms with Crippen LogP contribution < -0.4 is 5.73 Å². The normalized spacial score (nSPS) is 12.0. The van der Waals surface area contributed by atoms with Crippen LogP contribution in [0.1, 0.15) is 0 Å². The summed E-state index contributed by atoms with van der Waals surface area (Å²) < 4.78 is 43.9. The molecule has 0 aromatic heterocycles. The summed E-state index contributed by atoms with van der Waals surface area (Å²) in [5.74, 6) is -0.767. The first-order valence-corrected chi connectivity index (χ1v) is 6.91. The third-order valence-corrected chi connectivity index (χ3v) is 4.31. The van der Waals surface area contributed by atoms with Gasteiger partial charge < -0.3 is 10.5 Å². The van der Waals surface area contributed by atoms with Crippen molar-refractivity contribution < 1.29 is 17.5 Å². The monoisotopic (exact) mass is 276 g/mol. The third kappa shape index (κ3) is 3.49. The lowest BCUT2D eigenvalue weighted by Gasteiger charge is -2.21. The van der Waals surface area contributed by atoms with Gasteiger partial charge in [-0.25, -0.2) is 12.8 Å². The zero-order valence-corrected chi connectivity index (χ0v) is 11.0. The van der Waals surface area contributed by atoms with Gasteiger partial charge in [-0.1, -0.05) is 12.1 Å². The number of ether oxygens (including phenoxy) is 1. The van der Waals surface area contributed by atoms with E-state index in [1.54, 1.807) is 0 Å². The fourth-order valence-electron chi connectivity index (χ4n) is 1.48. The van der Waals surface area contributed by atoms with Gasteiger partial charge in [-0.15, -0.1) is 0 Å². The Bertz CT molecular complexity index is 479. The number of nitrogens with two attached hydrogens (primary N) is 1. The van der Waals surface area contributed by atoms with Gasteiger partial charge in [0.1, 0.15) is 10.7 Å². The second-order valence-corrected chi connectivity index (χ2v) is 5.52. The first-order valence-electron chi connectivity index (χ1n) is 5.47. The molecule has 5 nitrogen and oxygen atoms in total. The minimum atomic E-state index is -3.87. The average Bonchev–Trinajstić information content (AvgIpc) is 2.34. The number of nitrogens with zero attached hydrogens (tertiary/aromatic N) is 1. The summed E-state index contributed by atoms with van der Waals surface area (Å²) in [6.45, 7) is 0.662. The fraction of sp³-hybridized carbons (Fsp3) is 0.455. The van der Waals surface area contributed by atoms with Gasteiger partial charge in [0.05, 0.1) is 6.61 Å². The Balaban J connectivity index is 3.05. The number of benzene rings is 1. The van der Waals surface area contributed by atoms with Crippen LogP contribution in [0, 0.1) is 5.82 Å². The predicted molar refractivity (Wildman–Crippen MR) is 66.1 cm³/mol. The Hall–Kier alpha value is -1.02. The molecule has 102 valence electrons. The summed E-state index contributed by atoms with van der Waals surface area (Å²) >= 11 is 0. The number of sulfonamides is 1. The van der Waals surface area contributed by atoms with E-state index in [1.807, 2.05) is 0 Å². The minimum absolute atomic E-state index is 0.125. The second-order valence-electron chi connectivity index (χ2n) is 3.62. The van der Waals surface area contributed by atoms with Crippen LogP contribution in [0.25, 0.3) is 0 Å². The predicted octanol–water partition coefficient (Wildman–Crippen LogP) is 0.422. The van der Waals surface area contributed by atoms with E-state index in [0.717, 1.165) is 10.4 Å². The molecule has 7 heteroatoms. The van der Waals surface area contributed by atoms with Gasteiger partial charge in [0.25, 0.3) is 0 Å². The molecular weight excluding hydrogens is 259 g/mol. The Morgan fingerprint density at radius 2 is 2.00 bits per heavy atom. The molecule has 2 N–H and O–H groups in total. The minimum Gasteiger partial charge on any atom is -0.383 e. The number of halogens is 1. The standard InChI is InChI=1S/C11H17FN2O3S/c1-17-9-8-14(7-6-13)18(15,16)11-5-3-2-4-10(11)12/h2-5H,6-9,13H2,1H3. The van der Waals surface area contributed by atoms with Crippen molar-refractivity contribution in [2.45, 2.75) is 4.90 Å². The first-order chi connectivity index (χ1) is 8.54. The molecule has 1 rings (SSSR count).